The first kappa shape index (κ1) is 12.7. The van der Waals surface area contributed by atoms with Crippen LogP contribution in [0.4, 0.5) is 0 Å². The van der Waals surface area contributed by atoms with Gasteiger partial charge >= 0.3 is 0 Å². The fourth-order valence-electron chi connectivity index (χ4n) is 2.52. The molecule has 1 aliphatic heterocycles. The van der Waals surface area contributed by atoms with E-state index in [1.54, 1.807) is 0 Å². The Hall–Kier alpha value is -0.410. The Kier molecular flexibility index (Phi) is 4.74. The highest BCUT2D eigenvalue weighted by Gasteiger charge is 2.38. The third-order valence-corrected chi connectivity index (χ3v) is 3.43. The molecule has 0 aromatic heterocycles. The van der Waals surface area contributed by atoms with Gasteiger partial charge in [0.25, 0.3) is 0 Å². The van der Waals surface area contributed by atoms with Gasteiger partial charge in [-0.15, -0.1) is 0 Å². The van der Waals surface area contributed by atoms with Crippen LogP contribution in [0.5, 0.6) is 0 Å². The highest BCUT2D eigenvalue weighted by Crippen LogP contribution is 2.28. The molecule has 1 fully saturated rings. The minimum atomic E-state index is 0.138. The normalized spacial score (nSPS) is 27.5. The molecular formula is C12H24N2O. The molecule has 3 nitrogen and oxygen atoms in total. The van der Waals surface area contributed by atoms with Crippen LogP contribution in [0, 0.1) is 11.8 Å². The molecule has 0 aliphatic carbocycles. The van der Waals surface area contributed by atoms with Crippen LogP contribution < -0.4 is 5.73 Å². The largest absolute Gasteiger partial charge is 0.329 e. The third-order valence-electron chi connectivity index (χ3n) is 3.43. The lowest BCUT2D eigenvalue weighted by molar-refractivity contribution is -0.127. The van der Waals surface area contributed by atoms with Crippen molar-refractivity contribution in [3.8, 4) is 0 Å². The van der Waals surface area contributed by atoms with Crippen LogP contribution in [0.2, 0.25) is 0 Å². The van der Waals surface area contributed by atoms with Crippen LogP contribution in [0.25, 0.3) is 0 Å². The topological polar surface area (TPSA) is 46.3 Å². The van der Waals surface area contributed by atoms with E-state index in [-0.39, 0.29) is 12.0 Å². The first-order valence-corrected chi connectivity index (χ1v) is 6.09. The number of rotatable bonds is 5. The summed E-state index contributed by atoms with van der Waals surface area (Å²) in [5, 5.41) is 0. The number of ketones is 1. The summed E-state index contributed by atoms with van der Waals surface area (Å²) >= 11 is 0. The first-order valence-electron chi connectivity index (χ1n) is 6.09. The van der Waals surface area contributed by atoms with E-state index in [2.05, 4.69) is 11.8 Å². The molecule has 0 amide bonds. The van der Waals surface area contributed by atoms with Crippen molar-refractivity contribution < 1.29 is 4.79 Å². The van der Waals surface area contributed by atoms with Gasteiger partial charge in [0.05, 0.1) is 6.04 Å². The average molecular weight is 212 g/mol. The molecule has 2 unspecified atom stereocenters. The quantitative estimate of drug-likeness (QED) is 0.746. The van der Waals surface area contributed by atoms with E-state index in [4.69, 9.17) is 5.73 Å². The summed E-state index contributed by atoms with van der Waals surface area (Å²) in [5.41, 5.74) is 5.58. The van der Waals surface area contributed by atoms with E-state index in [1.807, 2.05) is 13.8 Å². The molecule has 2 atom stereocenters. The van der Waals surface area contributed by atoms with Gasteiger partial charge in [-0.05, 0) is 18.9 Å². The molecular weight excluding hydrogens is 188 g/mol. The molecule has 1 rings (SSSR count). The van der Waals surface area contributed by atoms with Gasteiger partial charge in [-0.25, -0.2) is 0 Å². The number of carbonyl (C=O) groups is 1. The zero-order chi connectivity index (χ0) is 11.4. The van der Waals surface area contributed by atoms with E-state index in [0.717, 1.165) is 25.9 Å². The van der Waals surface area contributed by atoms with Gasteiger partial charge in [-0.1, -0.05) is 27.2 Å². The van der Waals surface area contributed by atoms with Crippen LogP contribution in [-0.2, 0) is 4.79 Å². The smallest absolute Gasteiger partial charge is 0.152 e. The van der Waals surface area contributed by atoms with Crippen LogP contribution >= 0.6 is 0 Å². The minimum Gasteiger partial charge on any atom is -0.329 e. The van der Waals surface area contributed by atoms with Crippen LogP contribution in [0.15, 0.2) is 0 Å². The van der Waals surface area contributed by atoms with Gasteiger partial charge in [0, 0.05) is 19.0 Å². The Balaban J connectivity index is 2.71. The SMILES string of the molecule is CCC1CCN(CCN)C1C(=O)C(C)C. The molecule has 0 aromatic rings. The number of nitrogens with two attached hydrogens (primary N) is 1. The zero-order valence-electron chi connectivity index (χ0n) is 10.2. The van der Waals surface area contributed by atoms with Crippen molar-refractivity contribution in [3.63, 3.8) is 0 Å². The molecule has 0 spiro atoms. The number of nitrogens with zero attached hydrogens (tertiary/aromatic N) is 1. The highest BCUT2D eigenvalue weighted by atomic mass is 16.1. The van der Waals surface area contributed by atoms with Crippen molar-refractivity contribution in [2.24, 2.45) is 17.6 Å². The summed E-state index contributed by atoms with van der Waals surface area (Å²) in [6.45, 7) is 8.72. The number of likely N-dealkylation sites (tertiary alicyclic amines) is 1. The van der Waals surface area contributed by atoms with E-state index in [0.29, 0.717) is 18.2 Å². The second kappa shape index (κ2) is 5.61. The molecule has 0 radical (unpaired) electrons. The molecule has 88 valence electrons. The molecule has 1 aliphatic rings. The van der Waals surface area contributed by atoms with Crippen molar-refractivity contribution >= 4 is 5.78 Å². The van der Waals surface area contributed by atoms with Crippen molar-refractivity contribution in [1.29, 1.82) is 0 Å². The summed E-state index contributed by atoms with van der Waals surface area (Å²) in [4.78, 5) is 14.4. The van der Waals surface area contributed by atoms with E-state index < -0.39 is 0 Å². The van der Waals surface area contributed by atoms with Crippen molar-refractivity contribution in [2.45, 2.75) is 39.7 Å². The Morgan fingerprint density at radius 2 is 2.20 bits per heavy atom. The maximum atomic E-state index is 12.1. The number of Topliss-reactive ketones (excluding diaryl/α,β-unsaturated/α-hetero) is 1. The monoisotopic (exact) mass is 212 g/mol. The van der Waals surface area contributed by atoms with Crippen LogP contribution in [0.3, 0.4) is 0 Å². The molecule has 3 heteroatoms. The second-order valence-corrected chi connectivity index (χ2v) is 4.78. The number of hydrogen-bond acceptors (Lipinski definition) is 3. The predicted octanol–water partition coefficient (Wildman–Crippen LogP) is 1.27. The minimum absolute atomic E-state index is 0.138. The summed E-state index contributed by atoms with van der Waals surface area (Å²) in [6.07, 6.45) is 2.25. The fraction of sp³-hybridized carbons (Fsp3) is 0.917. The van der Waals surface area contributed by atoms with Gasteiger partial charge in [0.2, 0.25) is 0 Å². The Bertz CT molecular complexity index is 216. The Labute approximate surface area is 93.0 Å². The molecule has 1 saturated heterocycles. The highest BCUT2D eigenvalue weighted by molar-refractivity contribution is 5.86. The lowest BCUT2D eigenvalue weighted by Gasteiger charge is -2.27. The van der Waals surface area contributed by atoms with Crippen molar-refractivity contribution in [3.05, 3.63) is 0 Å². The fourth-order valence-corrected chi connectivity index (χ4v) is 2.52. The van der Waals surface area contributed by atoms with Gasteiger partial charge in [0.1, 0.15) is 0 Å². The van der Waals surface area contributed by atoms with E-state index >= 15 is 0 Å². The predicted molar refractivity (Wildman–Crippen MR) is 62.7 cm³/mol. The van der Waals surface area contributed by atoms with Gasteiger partial charge in [0.15, 0.2) is 5.78 Å². The molecule has 2 N–H and O–H groups in total. The Morgan fingerprint density at radius 3 is 2.67 bits per heavy atom. The Morgan fingerprint density at radius 1 is 1.53 bits per heavy atom. The zero-order valence-corrected chi connectivity index (χ0v) is 10.2. The van der Waals surface area contributed by atoms with Crippen LogP contribution in [-0.4, -0.2) is 36.4 Å². The maximum Gasteiger partial charge on any atom is 0.152 e. The lowest BCUT2D eigenvalue weighted by atomic mass is 9.89. The lowest BCUT2D eigenvalue weighted by Crippen LogP contribution is -2.43. The third kappa shape index (κ3) is 2.79. The summed E-state index contributed by atoms with van der Waals surface area (Å²) < 4.78 is 0. The summed E-state index contributed by atoms with van der Waals surface area (Å²) in [6, 6.07) is 0.138. The summed E-state index contributed by atoms with van der Waals surface area (Å²) in [5.74, 6) is 1.08. The second-order valence-electron chi connectivity index (χ2n) is 4.78. The van der Waals surface area contributed by atoms with Gasteiger partial charge < -0.3 is 5.73 Å². The van der Waals surface area contributed by atoms with Crippen molar-refractivity contribution in [1.82, 2.24) is 4.90 Å². The first-order chi connectivity index (χ1) is 7.11. The standard InChI is InChI=1S/C12H24N2O/c1-4-10-5-7-14(8-6-13)11(10)12(15)9(2)3/h9-11H,4-8,13H2,1-3H3. The van der Waals surface area contributed by atoms with E-state index in [9.17, 15) is 4.79 Å². The number of carbonyl (C=O) groups excluding carboxylic acids is 1. The number of hydrogen-bond donors (Lipinski definition) is 1. The molecule has 15 heavy (non-hydrogen) atoms. The van der Waals surface area contributed by atoms with Gasteiger partial charge in [-0.2, -0.15) is 0 Å². The average Bonchev–Trinajstić information content (AvgIpc) is 2.60. The van der Waals surface area contributed by atoms with Crippen molar-refractivity contribution in [2.75, 3.05) is 19.6 Å². The molecule has 0 saturated carbocycles. The van der Waals surface area contributed by atoms with Gasteiger partial charge in [-0.3, -0.25) is 9.69 Å². The molecule has 0 bridgehead atoms. The van der Waals surface area contributed by atoms with E-state index in [1.165, 1.54) is 0 Å². The maximum absolute atomic E-state index is 12.1. The molecule has 0 aromatic carbocycles. The van der Waals surface area contributed by atoms with Crippen LogP contribution in [0.1, 0.15) is 33.6 Å². The summed E-state index contributed by atoms with van der Waals surface area (Å²) in [7, 11) is 0. The molecule has 1 heterocycles.